The number of benzene rings is 1. The maximum atomic E-state index is 6.22. The summed E-state index contributed by atoms with van der Waals surface area (Å²) in [6.07, 6.45) is 0. The van der Waals surface area contributed by atoms with Crippen LogP contribution in [-0.2, 0) is 0 Å². The van der Waals surface area contributed by atoms with Gasteiger partial charge in [-0.05, 0) is 32.0 Å². The van der Waals surface area contributed by atoms with Crippen LogP contribution in [0.4, 0.5) is 11.4 Å². The van der Waals surface area contributed by atoms with E-state index in [2.05, 4.69) is 24.1 Å². The van der Waals surface area contributed by atoms with Crippen molar-refractivity contribution in [2.45, 2.75) is 25.9 Å². The smallest absolute Gasteiger partial charge is 0.0660 e. The number of nitrogen functional groups attached to an aromatic ring is 1. The van der Waals surface area contributed by atoms with Gasteiger partial charge in [0.15, 0.2) is 0 Å². The highest BCUT2D eigenvalue weighted by molar-refractivity contribution is 6.33. The van der Waals surface area contributed by atoms with Gasteiger partial charge in [-0.15, -0.1) is 0 Å². The van der Waals surface area contributed by atoms with Crippen LogP contribution < -0.4 is 16.0 Å². The van der Waals surface area contributed by atoms with E-state index in [-0.39, 0.29) is 0 Å². The number of hydrogen-bond donors (Lipinski definition) is 2. The molecule has 1 heterocycles. The summed E-state index contributed by atoms with van der Waals surface area (Å²) in [5.41, 5.74) is 7.49. The lowest BCUT2D eigenvalue weighted by Gasteiger charge is -2.38. The first-order chi connectivity index (χ1) is 7.56. The van der Waals surface area contributed by atoms with Crippen molar-refractivity contribution in [2.75, 3.05) is 23.7 Å². The highest BCUT2D eigenvalue weighted by Crippen LogP contribution is 2.29. The van der Waals surface area contributed by atoms with Crippen LogP contribution in [0.15, 0.2) is 18.2 Å². The molecule has 4 heteroatoms. The SMILES string of the molecule is CC1CN(c2ccc(N)cc2Cl)CC(C)N1. The van der Waals surface area contributed by atoms with Gasteiger partial charge < -0.3 is 16.0 Å². The molecule has 0 spiro atoms. The Morgan fingerprint density at radius 3 is 2.50 bits per heavy atom. The summed E-state index contributed by atoms with van der Waals surface area (Å²) in [6.45, 7) is 6.34. The Balaban J connectivity index is 2.23. The second kappa shape index (κ2) is 4.52. The lowest BCUT2D eigenvalue weighted by molar-refractivity contribution is 0.407. The zero-order chi connectivity index (χ0) is 11.7. The van der Waals surface area contributed by atoms with Crippen molar-refractivity contribution in [3.63, 3.8) is 0 Å². The minimum absolute atomic E-state index is 0.484. The number of anilines is 2. The molecule has 0 amide bonds. The maximum Gasteiger partial charge on any atom is 0.0660 e. The molecule has 2 atom stereocenters. The van der Waals surface area contributed by atoms with E-state index in [1.807, 2.05) is 18.2 Å². The van der Waals surface area contributed by atoms with Crippen LogP contribution in [-0.4, -0.2) is 25.2 Å². The van der Waals surface area contributed by atoms with Gasteiger partial charge in [0.1, 0.15) is 0 Å². The predicted octanol–water partition coefficient (Wildman–Crippen LogP) is 2.11. The first-order valence-electron chi connectivity index (χ1n) is 5.62. The molecule has 1 aromatic carbocycles. The summed E-state index contributed by atoms with van der Waals surface area (Å²) in [6, 6.07) is 6.68. The standard InChI is InChI=1S/C12H18ClN3/c1-8-6-16(7-9(2)15-8)12-4-3-10(14)5-11(12)13/h3-5,8-9,15H,6-7,14H2,1-2H3. The minimum atomic E-state index is 0.484. The first kappa shape index (κ1) is 11.6. The molecule has 2 rings (SSSR count). The third-order valence-electron chi connectivity index (χ3n) is 2.87. The molecule has 1 aliphatic heterocycles. The largest absolute Gasteiger partial charge is 0.399 e. The fraction of sp³-hybridized carbons (Fsp3) is 0.500. The Hall–Kier alpha value is -0.930. The zero-order valence-corrected chi connectivity index (χ0v) is 10.5. The number of rotatable bonds is 1. The van der Waals surface area contributed by atoms with Crippen molar-refractivity contribution in [1.29, 1.82) is 0 Å². The molecular weight excluding hydrogens is 222 g/mol. The van der Waals surface area contributed by atoms with Crippen molar-refractivity contribution >= 4 is 23.0 Å². The van der Waals surface area contributed by atoms with Gasteiger partial charge in [-0.1, -0.05) is 11.6 Å². The normalized spacial score (nSPS) is 25.8. The molecule has 1 aliphatic rings. The van der Waals surface area contributed by atoms with Crippen LogP contribution in [0.25, 0.3) is 0 Å². The Kier molecular flexibility index (Phi) is 3.26. The Bertz CT molecular complexity index is 371. The number of nitrogens with one attached hydrogen (secondary N) is 1. The average Bonchev–Trinajstić information content (AvgIpc) is 2.15. The van der Waals surface area contributed by atoms with Gasteiger partial charge in [-0.25, -0.2) is 0 Å². The molecule has 1 saturated heterocycles. The first-order valence-corrected chi connectivity index (χ1v) is 6.00. The topological polar surface area (TPSA) is 41.3 Å². The van der Waals surface area contributed by atoms with Crippen LogP contribution in [0.1, 0.15) is 13.8 Å². The molecule has 3 N–H and O–H groups in total. The van der Waals surface area contributed by atoms with E-state index in [1.165, 1.54) is 0 Å². The van der Waals surface area contributed by atoms with E-state index in [1.54, 1.807) is 0 Å². The molecule has 0 saturated carbocycles. The van der Waals surface area contributed by atoms with Gasteiger partial charge in [0.25, 0.3) is 0 Å². The average molecular weight is 240 g/mol. The van der Waals surface area contributed by atoms with Gasteiger partial charge in [0.05, 0.1) is 10.7 Å². The molecule has 0 radical (unpaired) electrons. The van der Waals surface area contributed by atoms with E-state index >= 15 is 0 Å². The molecule has 0 aliphatic carbocycles. The van der Waals surface area contributed by atoms with Crippen LogP contribution >= 0.6 is 11.6 Å². The van der Waals surface area contributed by atoms with Crippen molar-refractivity contribution in [2.24, 2.45) is 0 Å². The predicted molar refractivity (Wildman–Crippen MR) is 70.1 cm³/mol. The van der Waals surface area contributed by atoms with E-state index in [4.69, 9.17) is 17.3 Å². The Labute approximate surface area is 102 Å². The lowest BCUT2D eigenvalue weighted by atomic mass is 10.1. The summed E-state index contributed by atoms with van der Waals surface area (Å²) in [7, 11) is 0. The highest BCUT2D eigenvalue weighted by Gasteiger charge is 2.22. The molecule has 88 valence electrons. The molecular formula is C12H18ClN3. The molecule has 0 bridgehead atoms. The number of hydrogen-bond acceptors (Lipinski definition) is 3. The van der Waals surface area contributed by atoms with Crippen molar-refractivity contribution in [3.05, 3.63) is 23.2 Å². The number of nitrogens with zero attached hydrogens (tertiary/aromatic N) is 1. The number of halogens is 1. The Morgan fingerprint density at radius 1 is 1.31 bits per heavy atom. The van der Waals surface area contributed by atoms with E-state index in [0.717, 1.165) is 23.8 Å². The maximum absolute atomic E-state index is 6.22. The quantitative estimate of drug-likeness (QED) is 0.738. The molecule has 3 nitrogen and oxygen atoms in total. The van der Waals surface area contributed by atoms with E-state index in [0.29, 0.717) is 17.8 Å². The number of nitrogens with two attached hydrogens (primary N) is 1. The fourth-order valence-electron chi connectivity index (χ4n) is 2.30. The molecule has 2 unspecified atom stereocenters. The molecule has 1 aromatic rings. The van der Waals surface area contributed by atoms with Gasteiger partial charge in [-0.3, -0.25) is 0 Å². The minimum Gasteiger partial charge on any atom is -0.399 e. The summed E-state index contributed by atoms with van der Waals surface area (Å²) in [5, 5.41) is 4.24. The van der Waals surface area contributed by atoms with Crippen LogP contribution in [0.2, 0.25) is 5.02 Å². The van der Waals surface area contributed by atoms with Crippen LogP contribution in [0, 0.1) is 0 Å². The van der Waals surface area contributed by atoms with Crippen molar-refractivity contribution < 1.29 is 0 Å². The molecule has 0 aromatic heterocycles. The third kappa shape index (κ3) is 2.42. The van der Waals surface area contributed by atoms with Crippen molar-refractivity contribution in [3.8, 4) is 0 Å². The summed E-state index contributed by atoms with van der Waals surface area (Å²) < 4.78 is 0. The van der Waals surface area contributed by atoms with E-state index in [9.17, 15) is 0 Å². The van der Waals surface area contributed by atoms with Gasteiger partial charge in [0.2, 0.25) is 0 Å². The summed E-state index contributed by atoms with van der Waals surface area (Å²) >= 11 is 6.22. The highest BCUT2D eigenvalue weighted by atomic mass is 35.5. The molecule has 16 heavy (non-hydrogen) atoms. The third-order valence-corrected chi connectivity index (χ3v) is 3.17. The number of piperazine rings is 1. The van der Waals surface area contributed by atoms with Crippen molar-refractivity contribution in [1.82, 2.24) is 5.32 Å². The second-order valence-corrected chi connectivity index (χ2v) is 4.99. The lowest BCUT2D eigenvalue weighted by Crippen LogP contribution is -2.54. The molecule has 1 fully saturated rings. The Morgan fingerprint density at radius 2 is 1.94 bits per heavy atom. The summed E-state index contributed by atoms with van der Waals surface area (Å²) in [5.74, 6) is 0. The monoisotopic (exact) mass is 239 g/mol. The van der Waals surface area contributed by atoms with Crippen LogP contribution in [0.3, 0.4) is 0 Å². The fourth-order valence-corrected chi connectivity index (χ4v) is 2.61. The van der Waals surface area contributed by atoms with Gasteiger partial charge in [-0.2, -0.15) is 0 Å². The zero-order valence-electron chi connectivity index (χ0n) is 9.70. The second-order valence-electron chi connectivity index (χ2n) is 4.58. The van der Waals surface area contributed by atoms with Crippen LogP contribution in [0.5, 0.6) is 0 Å². The van der Waals surface area contributed by atoms with Gasteiger partial charge in [0, 0.05) is 30.9 Å². The van der Waals surface area contributed by atoms with E-state index < -0.39 is 0 Å². The summed E-state index contributed by atoms with van der Waals surface area (Å²) in [4.78, 5) is 2.31. The van der Waals surface area contributed by atoms with Gasteiger partial charge >= 0.3 is 0 Å².